The molecule has 0 aromatic heterocycles. The number of carbonyl (C=O) groups excluding carboxylic acids is 3. The fourth-order valence-electron chi connectivity index (χ4n) is 5.68. The van der Waals surface area contributed by atoms with E-state index >= 15 is 0 Å². The van der Waals surface area contributed by atoms with Gasteiger partial charge in [-0.05, 0) is 19.8 Å². The molecule has 2 unspecified atom stereocenters. The summed E-state index contributed by atoms with van der Waals surface area (Å²) in [5.41, 5.74) is -1.01. The summed E-state index contributed by atoms with van der Waals surface area (Å²) in [5, 5.41) is 15.4. The molecule has 4 rings (SSSR count). The SMILES string of the molecule is CNC(=O)[C@@H]1[C@@H]2CCC3(O2)C(C(=O)NCCN2CCOCC2)N([C@H](C)CO)C(=O)[C@H]13. The summed E-state index contributed by atoms with van der Waals surface area (Å²) >= 11 is 0. The van der Waals surface area contributed by atoms with Crippen LogP contribution in [0.1, 0.15) is 19.8 Å². The maximum Gasteiger partial charge on any atom is 0.245 e. The first-order chi connectivity index (χ1) is 14.4. The van der Waals surface area contributed by atoms with Gasteiger partial charge in [0.1, 0.15) is 11.6 Å². The molecule has 3 amide bonds. The zero-order valence-corrected chi connectivity index (χ0v) is 17.6. The first-order valence-corrected chi connectivity index (χ1v) is 10.8. The van der Waals surface area contributed by atoms with E-state index in [9.17, 15) is 19.5 Å². The Morgan fingerprint density at radius 2 is 2.03 bits per heavy atom. The fourth-order valence-corrected chi connectivity index (χ4v) is 5.68. The van der Waals surface area contributed by atoms with Crippen molar-refractivity contribution >= 4 is 17.7 Å². The molecule has 10 heteroatoms. The van der Waals surface area contributed by atoms with Crippen LogP contribution in [0.2, 0.25) is 0 Å². The first-order valence-electron chi connectivity index (χ1n) is 10.8. The van der Waals surface area contributed by atoms with Gasteiger partial charge in [-0.2, -0.15) is 0 Å². The van der Waals surface area contributed by atoms with Crippen molar-refractivity contribution in [1.29, 1.82) is 0 Å². The molecule has 0 radical (unpaired) electrons. The zero-order chi connectivity index (χ0) is 21.5. The Labute approximate surface area is 176 Å². The van der Waals surface area contributed by atoms with E-state index in [1.54, 1.807) is 14.0 Å². The molecule has 4 saturated heterocycles. The van der Waals surface area contributed by atoms with Gasteiger partial charge in [0.2, 0.25) is 17.7 Å². The topological polar surface area (TPSA) is 120 Å². The van der Waals surface area contributed by atoms with Gasteiger partial charge in [0.15, 0.2) is 0 Å². The maximum absolute atomic E-state index is 13.4. The van der Waals surface area contributed by atoms with Crippen molar-refractivity contribution in [2.75, 3.05) is 53.0 Å². The Kier molecular flexibility index (Phi) is 6.02. The Morgan fingerprint density at radius 1 is 1.30 bits per heavy atom. The quantitative estimate of drug-likeness (QED) is 0.430. The van der Waals surface area contributed by atoms with Crippen molar-refractivity contribution in [3.63, 3.8) is 0 Å². The predicted octanol–water partition coefficient (Wildman–Crippen LogP) is -2.06. The molecule has 3 N–H and O–H groups in total. The third-order valence-electron chi connectivity index (χ3n) is 7.11. The number of ether oxygens (including phenoxy) is 2. The van der Waals surface area contributed by atoms with Gasteiger partial charge >= 0.3 is 0 Å². The fraction of sp³-hybridized carbons (Fsp3) is 0.850. The number of morpholine rings is 1. The first kappa shape index (κ1) is 21.5. The Morgan fingerprint density at radius 3 is 2.70 bits per heavy atom. The van der Waals surface area contributed by atoms with Gasteiger partial charge in [-0.1, -0.05) is 0 Å². The largest absolute Gasteiger partial charge is 0.394 e. The number of hydrogen-bond acceptors (Lipinski definition) is 7. The molecule has 2 bridgehead atoms. The van der Waals surface area contributed by atoms with Crippen LogP contribution in [0.15, 0.2) is 0 Å². The lowest BCUT2D eigenvalue weighted by Crippen LogP contribution is -2.58. The van der Waals surface area contributed by atoms with Crippen LogP contribution in [-0.2, 0) is 23.9 Å². The minimum absolute atomic E-state index is 0.232. The number of nitrogens with zero attached hydrogens (tertiary/aromatic N) is 2. The van der Waals surface area contributed by atoms with E-state index in [1.165, 1.54) is 4.90 Å². The summed E-state index contributed by atoms with van der Waals surface area (Å²) in [6, 6.07) is -1.39. The van der Waals surface area contributed by atoms with Gasteiger partial charge in [-0.3, -0.25) is 19.3 Å². The van der Waals surface area contributed by atoms with Gasteiger partial charge in [0, 0.05) is 33.2 Å². The monoisotopic (exact) mass is 424 g/mol. The van der Waals surface area contributed by atoms with Crippen LogP contribution in [0, 0.1) is 11.8 Å². The number of fused-ring (bicyclic) bond motifs is 1. The number of hydrogen-bond donors (Lipinski definition) is 3. The minimum Gasteiger partial charge on any atom is -0.394 e. The second-order valence-corrected chi connectivity index (χ2v) is 8.69. The van der Waals surface area contributed by atoms with Gasteiger partial charge in [0.05, 0.1) is 43.8 Å². The number of aliphatic hydroxyl groups excluding tert-OH is 1. The lowest BCUT2D eigenvalue weighted by Gasteiger charge is -2.35. The van der Waals surface area contributed by atoms with Gasteiger partial charge in [-0.25, -0.2) is 0 Å². The molecule has 168 valence electrons. The lowest BCUT2D eigenvalue weighted by atomic mass is 9.70. The van der Waals surface area contributed by atoms with E-state index in [0.717, 1.165) is 13.1 Å². The summed E-state index contributed by atoms with van der Waals surface area (Å²) in [7, 11) is 1.55. The number of aliphatic hydroxyl groups is 1. The molecule has 4 fully saturated rings. The lowest BCUT2D eigenvalue weighted by molar-refractivity contribution is -0.145. The summed E-state index contributed by atoms with van der Waals surface area (Å²) in [6.45, 7) is 5.64. The van der Waals surface area contributed by atoms with Crippen molar-refractivity contribution in [3.05, 3.63) is 0 Å². The zero-order valence-electron chi connectivity index (χ0n) is 17.6. The van der Waals surface area contributed by atoms with E-state index in [1.807, 2.05) is 0 Å². The van der Waals surface area contributed by atoms with Gasteiger partial charge in [0.25, 0.3) is 0 Å². The molecule has 4 aliphatic heterocycles. The maximum atomic E-state index is 13.4. The highest BCUT2D eigenvalue weighted by Gasteiger charge is 2.74. The molecule has 0 aromatic carbocycles. The number of carbonyl (C=O) groups is 3. The summed E-state index contributed by atoms with van der Waals surface area (Å²) in [5.74, 6) is -2.08. The van der Waals surface area contributed by atoms with Crippen molar-refractivity contribution in [2.45, 2.75) is 43.6 Å². The Hall–Kier alpha value is -1.75. The van der Waals surface area contributed by atoms with Gasteiger partial charge < -0.3 is 30.1 Å². The van der Waals surface area contributed by atoms with Crippen molar-refractivity contribution in [3.8, 4) is 0 Å². The van der Waals surface area contributed by atoms with E-state index < -0.39 is 29.5 Å². The summed E-state index contributed by atoms with van der Waals surface area (Å²) in [6.07, 6.45) is 0.840. The molecule has 0 aromatic rings. The number of nitrogens with one attached hydrogen (secondary N) is 2. The Bertz CT molecular complexity index is 699. The highest BCUT2D eigenvalue weighted by molar-refractivity contribution is 5.99. The summed E-state index contributed by atoms with van der Waals surface area (Å²) in [4.78, 5) is 42.9. The summed E-state index contributed by atoms with van der Waals surface area (Å²) < 4.78 is 11.6. The second kappa shape index (κ2) is 8.41. The highest BCUT2D eigenvalue weighted by atomic mass is 16.5. The predicted molar refractivity (Wildman–Crippen MR) is 105 cm³/mol. The molecular formula is C20H32N4O6. The van der Waals surface area contributed by atoms with Crippen LogP contribution in [0.4, 0.5) is 0 Å². The molecule has 4 heterocycles. The molecular weight excluding hydrogens is 392 g/mol. The number of rotatable bonds is 7. The molecule has 30 heavy (non-hydrogen) atoms. The van der Waals surface area contributed by atoms with E-state index in [0.29, 0.717) is 39.1 Å². The third-order valence-corrected chi connectivity index (χ3v) is 7.11. The van der Waals surface area contributed by atoms with Crippen LogP contribution in [0.3, 0.4) is 0 Å². The molecule has 0 saturated carbocycles. The highest BCUT2D eigenvalue weighted by Crippen LogP contribution is 2.58. The van der Waals surface area contributed by atoms with Crippen LogP contribution >= 0.6 is 0 Å². The van der Waals surface area contributed by atoms with Crippen molar-refractivity contribution < 1.29 is 29.0 Å². The molecule has 6 atom stereocenters. The van der Waals surface area contributed by atoms with Crippen molar-refractivity contribution in [1.82, 2.24) is 20.4 Å². The van der Waals surface area contributed by atoms with Crippen molar-refractivity contribution in [2.24, 2.45) is 11.8 Å². The second-order valence-electron chi connectivity index (χ2n) is 8.69. The molecule has 0 aliphatic carbocycles. The standard InChI is InChI=1S/C20H32N4O6/c1-12(11-25)24-16(18(27)22-5-6-23-7-9-29-10-8-23)20-4-3-13(30-20)14(17(26)21-2)15(20)19(24)28/h12-16,25H,3-11H2,1-2H3,(H,21,26)(H,22,27)/t12-,13+,14-,15+,16?,20?/m1/s1. The molecule has 10 nitrogen and oxygen atoms in total. The third kappa shape index (κ3) is 3.30. The number of likely N-dealkylation sites (tertiary alicyclic amines) is 1. The molecule has 1 spiro atoms. The average Bonchev–Trinajstić information content (AvgIpc) is 3.40. The average molecular weight is 424 g/mol. The van der Waals surface area contributed by atoms with Crippen LogP contribution in [0.25, 0.3) is 0 Å². The minimum atomic E-state index is -1.01. The normalized spacial score (nSPS) is 36.6. The molecule has 4 aliphatic rings. The smallest absolute Gasteiger partial charge is 0.245 e. The van der Waals surface area contributed by atoms with E-state index in [-0.39, 0.29) is 30.4 Å². The Balaban J connectivity index is 1.54. The van der Waals surface area contributed by atoms with E-state index in [2.05, 4.69) is 15.5 Å². The van der Waals surface area contributed by atoms with E-state index in [4.69, 9.17) is 9.47 Å². The number of amides is 3. The van der Waals surface area contributed by atoms with Gasteiger partial charge in [-0.15, -0.1) is 0 Å². The van der Waals surface area contributed by atoms with Crippen LogP contribution < -0.4 is 10.6 Å². The van der Waals surface area contributed by atoms with Crippen LogP contribution in [0.5, 0.6) is 0 Å². The van der Waals surface area contributed by atoms with Crippen LogP contribution in [-0.4, -0.2) is 109 Å².